The maximum atomic E-state index is 12.5. The van der Waals surface area contributed by atoms with Gasteiger partial charge in [0.05, 0.1) is 17.4 Å². The Morgan fingerprint density at radius 3 is 2.77 bits per heavy atom. The summed E-state index contributed by atoms with van der Waals surface area (Å²) in [5.41, 5.74) is 4.07. The van der Waals surface area contributed by atoms with Crippen LogP contribution in [-0.4, -0.2) is 51.4 Å². The summed E-state index contributed by atoms with van der Waals surface area (Å²) in [6.45, 7) is 4.47. The van der Waals surface area contributed by atoms with Crippen molar-refractivity contribution in [1.29, 1.82) is 0 Å². The summed E-state index contributed by atoms with van der Waals surface area (Å²) in [6.07, 6.45) is 0. The highest BCUT2D eigenvalue weighted by Gasteiger charge is 2.19. The second-order valence-electron chi connectivity index (χ2n) is 6.54. The number of thiophene rings is 1. The number of amides is 1. The predicted molar refractivity (Wildman–Crippen MR) is 103 cm³/mol. The van der Waals surface area contributed by atoms with Crippen LogP contribution in [0.15, 0.2) is 23.6 Å². The predicted octanol–water partition coefficient (Wildman–Crippen LogP) is 2.52. The Morgan fingerprint density at radius 2 is 2.19 bits per heavy atom. The number of aromatic amines is 1. The topological polar surface area (TPSA) is 78.8 Å². The molecule has 0 saturated heterocycles. The van der Waals surface area contributed by atoms with Crippen LogP contribution in [0.1, 0.15) is 32.8 Å². The first-order valence-electron chi connectivity index (χ1n) is 8.42. The number of carbonyl (C=O) groups is 1. The number of hydrogen-bond donors (Lipinski definition) is 2. The van der Waals surface area contributed by atoms with Gasteiger partial charge in [-0.3, -0.25) is 14.6 Å². The minimum Gasteiger partial charge on any atom is -0.349 e. The molecule has 1 atom stereocenters. The Bertz CT molecular complexity index is 893. The zero-order valence-electron chi connectivity index (χ0n) is 15.7. The molecule has 3 heterocycles. The van der Waals surface area contributed by atoms with E-state index >= 15 is 0 Å². The average molecular weight is 372 g/mol. The fourth-order valence-electron chi connectivity index (χ4n) is 3.01. The Kier molecular flexibility index (Phi) is 5.24. The van der Waals surface area contributed by atoms with Gasteiger partial charge in [-0.05, 0) is 45.5 Å². The average Bonchev–Trinajstić information content (AvgIpc) is 3.30. The third-order valence-corrected chi connectivity index (χ3v) is 5.51. The molecule has 0 saturated carbocycles. The van der Waals surface area contributed by atoms with E-state index in [0.717, 1.165) is 22.6 Å². The van der Waals surface area contributed by atoms with Gasteiger partial charge < -0.3 is 10.2 Å². The summed E-state index contributed by atoms with van der Waals surface area (Å²) >= 11 is 1.69. The molecule has 0 bridgehead atoms. The van der Waals surface area contributed by atoms with Crippen molar-refractivity contribution in [3.63, 3.8) is 0 Å². The van der Waals surface area contributed by atoms with E-state index in [4.69, 9.17) is 0 Å². The molecule has 0 aliphatic heterocycles. The van der Waals surface area contributed by atoms with Crippen molar-refractivity contribution < 1.29 is 4.79 Å². The number of H-pyrrole nitrogens is 1. The van der Waals surface area contributed by atoms with Gasteiger partial charge in [0.1, 0.15) is 5.69 Å². The van der Waals surface area contributed by atoms with Gasteiger partial charge in [-0.15, -0.1) is 11.3 Å². The summed E-state index contributed by atoms with van der Waals surface area (Å²) < 4.78 is 1.82. The molecule has 2 N–H and O–H groups in total. The van der Waals surface area contributed by atoms with E-state index in [1.165, 1.54) is 4.88 Å². The molecular formula is C18H24N6OS. The van der Waals surface area contributed by atoms with Crippen molar-refractivity contribution in [2.24, 2.45) is 7.05 Å². The van der Waals surface area contributed by atoms with E-state index in [1.807, 2.05) is 51.1 Å². The number of likely N-dealkylation sites (N-methyl/N-ethyl adjacent to an activating group) is 1. The van der Waals surface area contributed by atoms with Gasteiger partial charge in [-0.2, -0.15) is 10.2 Å². The summed E-state index contributed by atoms with van der Waals surface area (Å²) in [5.74, 6) is -0.161. The minimum absolute atomic E-state index is 0.143. The lowest BCUT2D eigenvalue weighted by molar-refractivity contribution is 0.0937. The maximum Gasteiger partial charge on any atom is 0.269 e. The first-order chi connectivity index (χ1) is 12.4. The Labute approximate surface area is 157 Å². The molecule has 3 aromatic heterocycles. The van der Waals surface area contributed by atoms with Gasteiger partial charge in [0.25, 0.3) is 5.91 Å². The fourth-order valence-corrected chi connectivity index (χ4v) is 3.94. The van der Waals surface area contributed by atoms with Gasteiger partial charge >= 0.3 is 0 Å². The van der Waals surface area contributed by atoms with Crippen molar-refractivity contribution >= 4 is 17.2 Å². The molecule has 0 aromatic carbocycles. The second kappa shape index (κ2) is 7.43. The van der Waals surface area contributed by atoms with Gasteiger partial charge in [0.15, 0.2) is 0 Å². The minimum atomic E-state index is -0.161. The SMILES string of the molecule is Cc1nn(C)c(C)c1-c1cc(C(=O)NCC(c2cccs2)N(C)C)[nH]n1. The number of aryl methyl sites for hydroxylation is 2. The number of nitrogens with zero attached hydrogens (tertiary/aromatic N) is 4. The molecule has 0 radical (unpaired) electrons. The number of hydrogen-bond acceptors (Lipinski definition) is 5. The molecule has 7 nitrogen and oxygen atoms in total. The molecule has 3 rings (SSSR count). The third-order valence-electron chi connectivity index (χ3n) is 4.54. The van der Waals surface area contributed by atoms with Crippen molar-refractivity contribution in [2.75, 3.05) is 20.6 Å². The normalized spacial score (nSPS) is 12.5. The van der Waals surface area contributed by atoms with Gasteiger partial charge in [0.2, 0.25) is 0 Å². The van der Waals surface area contributed by atoms with Crippen LogP contribution >= 0.6 is 11.3 Å². The van der Waals surface area contributed by atoms with Crippen LogP contribution < -0.4 is 5.32 Å². The molecule has 1 unspecified atom stereocenters. The van der Waals surface area contributed by atoms with Crippen LogP contribution in [0.25, 0.3) is 11.3 Å². The van der Waals surface area contributed by atoms with Gasteiger partial charge in [-0.25, -0.2) is 0 Å². The molecule has 0 aliphatic rings. The van der Waals surface area contributed by atoms with Crippen molar-refractivity contribution in [3.05, 3.63) is 45.5 Å². The number of aromatic nitrogens is 4. The van der Waals surface area contributed by atoms with Crippen LogP contribution in [-0.2, 0) is 7.05 Å². The van der Waals surface area contributed by atoms with Crippen molar-refractivity contribution in [1.82, 2.24) is 30.2 Å². The largest absolute Gasteiger partial charge is 0.349 e. The Balaban J connectivity index is 1.72. The van der Waals surface area contributed by atoms with E-state index in [-0.39, 0.29) is 11.9 Å². The van der Waals surface area contributed by atoms with Crippen LogP contribution in [0.5, 0.6) is 0 Å². The lowest BCUT2D eigenvalue weighted by atomic mass is 10.1. The summed E-state index contributed by atoms with van der Waals surface area (Å²) in [5, 5.41) is 16.6. The highest BCUT2D eigenvalue weighted by atomic mass is 32.1. The summed E-state index contributed by atoms with van der Waals surface area (Å²) in [4.78, 5) is 15.9. The Morgan fingerprint density at radius 1 is 1.42 bits per heavy atom. The van der Waals surface area contributed by atoms with E-state index in [0.29, 0.717) is 12.2 Å². The molecule has 0 fully saturated rings. The summed E-state index contributed by atoms with van der Waals surface area (Å²) in [6, 6.07) is 6.04. The smallest absolute Gasteiger partial charge is 0.269 e. The van der Waals surface area contributed by atoms with Crippen molar-refractivity contribution in [3.8, 4) is 11.3 Å². The molecule has 3 aromatic rings. The quantitative estimate of drug-likeness (QED) is 0.697. The monoisotopic (exact) mass is 372 g/mol. The van der Waals surface area contributed by atoms with Crippen LogP contribution in [0.3, 0.4) is 0 Å². The highest BCUT2D eigenvalue weighted by molar-refractivity contribution is 7.10. The van der Waals surface area contributed by atoms with E-state index in [1.54, 1.807) is 17.4 Å². The first kappa shape index (κ1) is 18.3. The van der Waals surface area contributed by atoms with Gasteiger partial charge in [-0.1, -0.05) is 6.07 Å². The van der Waals surface area contributed by atoms with Crippen LogP contribution in [0.4, 0.5) is 0 Å². The molecule has 26 heavy (non-hydrogen) atoms. The summed E-state index contributed by atoms with van der Waals surface area (Å²) in [7, 11) is 5.93. The maximum absolute atomic E-state index is 12.5. The first-order valence-corrected chi connectivity index (χ1v) is 9.30. The molecule has 1 amide bonds. The molecule has 138 valence electrons. The second-order valence-corrected chi connectivity index (χ2v) is 7.52. The molecule has 0 spiro atoms. The number of carbonyl (C=O) groups excluding carboxylic acids is 1. The van der Waals surface area contributed by atoms with E-state index < -0.39 is 0 Å². The lowest BCUT2D eigenvalue weighted by Gasteiger charge is -2.23. The Hall–Kier alpha value is -2.45. The van der Waals surface area contributed by atoms with Gasteiger partial charge in [0, 0.05) is 29.7 Å². The lowest BCUT2D eigenvalue weighted by Crippen LogP contribution is -2.34. The highest BCUT2D eigenvalue weighted by Crippen LogP contribution is 2.25. The van der Waals surface area contributed by atoms with E-state index in [2.05, 4.69) is 31.6 Å². The molecule has 0 aliphatic carbocycles. The molecule has 8 heteroatoms. The van der Waals surface area contributed by atoms with Crippen LogP contribution in [0.2, 0.25) is 0 Å². The van der Waals surface area contributed by atoms with Crippen molar-refractivity contribution in [2.45, 2.75) is 19.9 Å². The zero-order chi connectivity index (χ0) is 18.8. The number of rotatable bonds is 6. The third kappa shape index (κ3) is 3.56. The fraction of sp³-hybridized carbons (Fsp3) is 0.389. The number of nitrogens with one attached hydrogen (secondary N) is 2. The van der Waals surface area contributed by atoms with E-state index in [9.17, 15) is 4.79 Å². The van der Waals surface area contributed by atoms with Crippen LogP contribution in [0, 0.1) is 13.8 Å². The zero-order valence-corrected chi connectivity index (χ0v) is 16.5. The molecular weight excluding hydrogens is 348 g/mol. The standard InChI is InChI=1S/C18H24N6OS/c1-11-17(12(2)24(5)22-11)13-9-14(21-20-13)18(25)19-10-15(23(3)4)16-7-6-8-26-16/h6-9,15H,10H2,1-5H3,(H,19,25)(H,20,21).